The Kier molecular flexibility index (Phi) is 24.3. The summed E-state index contributed by atoms with van der Waals surface area (Å²) in [5.41, 5.74) is 2.22. The molecule has 17 nitrogen and oxygen atoms in total. The number of aromatic nitrogens is 2. The summed E-state index contributed by atoms with van der Waals surface area (Å²) in [5, 5.41) is 36.5. The van der Waals surface area contributed by atoms with Crippen molar-refractivity contribution in [3.63, 3.8) is 0 Å². The molecule has 25 heteroatoms. The molecule has 2 aromatic carbocycles. The van der Waals surface area contributed by atoms with E-state index in [4.69, 9.17) is 91.6 Å². The van der Waals surface area contributed by atoms with Crippen LogP contribution in [0, 0.1) is 24.8 Å². The maximum absolute atomic E-state index is 14.3. The van der Waals surface area contributed by atoms with Crippen molar-refractivity contribution in [1.82, 2.24) is 9.97 Å². The summed E-state index contributed by atoms with van der Waals surface area (Å²) < 4.78 is 53.2. The third kappa shape index (κ3) is 16.9. The quantitative estimate of drug-likeness (QED) is 0.0332. The number of aromatic hydroxyl groups is 1. The van der Waals surface area contributed by atoms with Crippen LogP contribution in [-0.4, -0.2) is 70.6 Å². The van der Waals surface area contributed by atoms with E-state index in [1.165, 1.54) is 38.1 Å². The largest absolute Gasteiger partial charge is 1.00 e. The second kappa shape index (κ2) is 27.6. The van der Waals surface area contributed by atoms with Crippen LogP contribution >= 0.6 is 34.8 Å². The number of halogens is 5. The summed E-state index contributed by atoms with van der Waals surface area (Å²) in [6, 6.07) is 7.60. The molecule has 6 rings (SSSR count). The number of phenolic OH excluding ortho intramolecular Hbond substituents is 1. The number of pyridine rings is 2. The normalized spacial score (nSPS) is 11.5. The first-order chi connectivity index (χ1) is 29.0. The predicted octanol–water partition coefficient (Wildman–Crippen LogP) is 2.06. The molecule has 4 aromatic rings. The fraction of sp³-hybridized carbons (Fsp3) is 0.270. The van der Waals surface area contributed by atoms with Gasteiger partial charge >= 0.3 is 83.1 Å². The zero-order valence-corrected chi connectivity index (χ0v) is 41.5. The summed E-state index contributed by atoms with van der Waals surface area (Å²) in [5.74, 6) is -1.89. The fourth-order valence-corrected chi connectivity index (χ4v) is 5.41. The molecular formula is C37H32B2Cl3CsF2N4O13. The number of hydrogen-bond donors (Lipinski definition) is 3. The minimum atomic E-state index is -1.17. The third-order valence-corrected chi connectivity index (χ3v) is 8.75. The van der Waals surface area contributed by atoms with Crippen LogP contribution in [0.3, 0.4) is 0 Å². The first-order valence-electron chi connectivity index (χ1n) is 17.4. The number of fused-ring (bicyclic) bond motifs is 2. The number of benzene rings is 2. The van der Waals surface area contributed by atoms with Gasteiger partial charge in [-0.3, -0.25) is 4.79 Å². The van der Waals surface area contributed by atoms with Gasteiger partial charge in [0.25, 0.3) is 6.47 Å². The van der Waals surface area contributed by atoms with E-state index in [9.17, 15) is 23.4 Å². The van der Waals surface area contributed by atoms with Crippen molar-refractivity contribution < 1.29 is 141 Å². The van der Waals surface area contributed by atoms with Gasteiger partial charge in [-0.1, -0.05) is 34.8 Å². The number of nitrogens with zero attached hydrogens (tertiary/aromatic N) is 4. The van der Waals surface area contributed by atoms with Gasteiger partial charge in [-0.25, -0.2) is 23.5 Å². The van der Waals surface area contributed by atoms with E-state index < -0.39 is 31.6 Å². The summed E-state index contributed by atoms with van der Waals surface area (Å²) in [6.45, 7) is 17.8. The number of Topliss-reactive ketones (excluding diaryl/α,β-unsaturated/α-hetero) is 2. The Balaban J connectivity index is 0.000000330. The van der Waals surface area contributed by atoms with Gasteiger partial charge in [0.15, 0.2) is 23.1 Å². The Hall–Kier alpha value is -3.56. The van der Waals surface area contributed by atoms with E-state index in [0.717, 1.165) is 12.1 Å². The summed E-state index contributed by atoms with van der Waals surface area (Å²) in [6.07, 6.45) is 1.83. The molecule has 0 unspecified atom stereocenters. The van der Waals surface area contributed by atoms with Crippen LogP contribution in [-0.2, 0) is 41.8 Å². The van der Waals surface area contributed by atoms with Crippen LogP contribution in [0.5, 0.6) is 29.1 Å². The van der Waals surface area contributed by atoms with Crippen molar-refractivity contribution in [3.05, 3.63) is 97.2 Å². The minimum absolute atomic E-state index is 0. The van der Waals surface area contributed by atoms with Crippen LogP contribution in [0.2, 0.25) is 15.2 Å². The number of hydrogen-bond acceptors (Lipinski definition) is 15. The molecule has 0 amide bonds. The predicted molar refractivity (Wildman–Crippen MR) is 213 cm³/mol. The standard InChI is InChI=1S/C18H15BClFN2O5.C11H10Cl2N2O2.C7H6BFO3.CH2O3.Cs/c1-10(24)4-3-5-26-18-15(22-2)8-13(20)17(23-18)28-16-6-11-9-27-19(25)12(11)7-14(16)21;1-7(16)4-3-5-17-11-9(14-2)6-8(12)10(13)15-11;9-6-2-5-4(1-7(6)10)3-12-8(5)11;2-1-4-3;/h6-8,25H,3-5,9H2,1H3;6H,3-5H2,1H3;1-2,10-11H,3H2;1,3H;/q;;;;+1/p-1. The first-order valence-corrected chi connectivity index (χ1v) is 18.6. The zero-order valence-electron chi connectivity index (χ0n) is 33.0. The topological polar surface area (TPSA) is 225 Å². The molecule has 0 saturated heterocycles. The van der Waals surface area contributed by atoms with E-state index >= 15 is 0 Å². The molecule has 2 aliphatic heterocycles. The maximum Gasteiger partial charge on any atom is 1.00 e. The maximum atomic E-state index is 14.3. The van der Waals surface area contributed by atoms with Crippen molar-refractivity contribution in [1.29, 1.82) is 0 Å². The summed E-state index contributed by atoms with van der Waals surface area (Å²) in [7, 11) is -2.23. The van der Waals surface area contributed by atoms with Crippen molar-refractivity contribution in [2.24, 2.45) is 0 Å². The fourth-order valence-electron chi connectivity index (χ4n) is 4.95. The molecule has 3 N–H and O–H groups in total. The van der Waals surface area contributed by atoms with Crippen LogP contribution in [0.4, 0.5) is 20.2 Å². The molecule has 320 valence electrons. The van der Waals surface area contributed by atoms with Gasteiger partial charge in [0, 0.05) is 12.8 Å². The number of phenols is 1. The van der Waals surface area contributed by atoms with E-state index in [0.29, 0.717) is 54.3 Å². The molecule has 0 spiro atoms. The minimum Gasteiger partial charge on any atom is -0.662 e. The van der Waals surface area contributed by atoms with E-state index in [1.54, 1.807) is 0 Å². The molecule has 62 heavy (non-hydrogen) atoms. The Labute approximate surface area is 427 Å². The first kappa shape index (κ1) is 54.6. The van der Waals surface area contributed by atoms with Crippen LogP contribution in [0.1, 0.15) is 50.7 Å². The molecule has 0 radical (unpaired) electrons. The van der Waals surface area contributed by atoms with Gasteiger partial charge in [-0.2, -0.15) is 4.98 Å². The Morgan fingerprint density at radius 1 is 0.823 bits per heavy atom. The molecule has 0 atom stereocenters. The second-order valence-corrected chi connectivity index (χ2v) is 13.5. The molecule has 0 bridgehead atoms. The SMILES string of the molecule is O=CO[O-].OB1OCc2cc(O)c(F)cc21.[C-]#[N+]c1cc(Cl)c(Cl)nc1OCCCC(C)=O.[C-]#[N+]c1cc(Cl)c(Oc2cc3c(cc2F)B(O)OC3)nc1OCCCC(C)=O.[Cs+]. The zero-order chi connectivity index (χ0) is 45.2. The molecule has 0 aliphatic carbocycles. The average molecular weight is 1040 g/mol. The van der Waals surface area contributed by atoms with Crippen molar-refractivity contribution in [2.45, 2.75) is 52.7 Å². The number of ketones is 2. The van der Waals surface area contributed by atoms with Crippen LogP contribution in [0.15, 0.2) is 36.4 Å². The van der Waals surface area contributed by atoms with Crippen molar-refractivity contribution in [2.75, 3.05) is 13.2 Å². The smallest absolute Gasteiger partial charge is 0.662 e. The Bertz CT molecular complexity index is 2310. The van der Waals surface area contributed by atoms with Crippen LogP contribution in [0.25, 0.3) is 9.69 Å². The van der Waals surface area contributed by atoms with Crippen molar-refractivity contribution >= 4 is 89.4 Å². The molecule has 2 aromatic heterocycles. The van der Waals surface area contributed by atoms with Gasteiger partial charge in [0.1, 0.15) is 16.7 Å². The van der Waals surface area contributed by atoms with E-state index in [-0.39, 0.29) is 157 Å². The second-order valence-electron chi connectivity index (χ2n) is 12.3. The van der Waals surface area contributed by atoms with Gasteiger partial charge in [0.05, 0.1) is 49.6 Å². The van der Waals surface area contributed by atoms with Gasteiger partial charge in [-0.15, -0.1) is 0 Å². The number of carbonyl (C=O) groups is 3. The molecular weight excluding hydrogens is 1010 g/mol. The van der Waals surface area contributed by atoms with Gasteiger partial charge in [-0.05, 0) is 85.1 Å². The molecule has 4 heterocycles. The number of ether oxygens (including phenoxy) is 3. The van der Waals surface area contributed by atoms with Gasteiger partial charge < -0.3 is 58.4 Å². The average Bonchev–Trinajstić information content (AvgIpc) is 3.77. The van der Waals surface area contributed by atoms with E-state index in [2.05, 4.69) is 24.5 Å². The molecule has 0 fully saturated rings. The Morgan fingerprint density at radius 2 is 1.29 bits per heavy atom. The number of carbonyl (C=O) groups excluding carboxylic acids is 3. The molecule has 0 saturated carbocycles. The Morgan fingerprint density at radius 3 is 1.77 bits per heavy atom. The summed E-state index contributed by atoms with van der Waals surface area (Å²) >= 11 is 17.6. The molecule has 2 aliphatic rings. The van der Waals surface area contributed by atoms with Gasteiger partial charge in [0.2, 0.25) is 29.0 Å². The summed E-state index contributed by atoms with van der Waals surface area (Å²) in [4.78, 5) is 47.5. The third-order valence-electron chi connectivity index (χ3n) is 7.81. The monoisotopic (exact) mass is 1040 g/mol. The van der Waals surface area contributed by atoms with Crippen LogP contribution < -0.4 is 99.3 Å². The van der Waals surface area contributed by atoms with E-state index in [1.807, 2.05) is 0 Å². The number of rotatable bonds is 13. The van der Waals surface area contributed by atoms with Crippen molar-refractivity contribution in [3.8, 4) is 29.1 Å².